The van der Waals surface area contributed by atoms with E-state index in [-0.39, 0.29) is 32.7 Å². The summed E-state index contributed by atoms with van der Waals surface area (Å²) in [4.78, 5) is 1.39. The number of nitrogens with zero attached hydrogens (tertiary/aromatic N) is 1. The Morgan fingerprint density at radius 1 is 1.33 bits per heavy atom. The van der Waals surface area contributed by atoms with Crippen LogP contribution >= 0.6 is 0 Å². The van der Waals surface area contributed by atoms with E-state index in [1.165, 1.54) is 4.90 Å². The van der Waals surface area contributed by atoms with E-state index < -0.39 is 13.0 Å². The Morgan fingerprint density at radius 2 is 2.00 bits per heavy atom. The minimum atomic E-state index is -2.52. The number of allylic oxidation sites excluding steroid dienone is 3. The molecular weight excluding hydrogens is 385 g/mol. The molecule has 0 aliphatic carbocycles. The maximum absolute atomic E-state index is 12.9. The Kier molecular flexibility index (Phi) is 8.11. The van der Waals surface area contributed by atoms with Gasteiger partial charge in [-0.15, -0.1) is 24.5 Å². The number of terminal acetylenes is 1. The number of hydrogen-bond donors (Lipinski definition) is 0. The summed E-state index contributed by atoms with van der Waals surface area (Å²) in [6, 6.07) is 7.08. The summed E-state index contributed by atoms with van der Waals surface area (Å²) in [6.07, 6.45) is 9.05. The van der Waals surface area contributed by atoms with Crippen molar-refractivity contribution in [3.8, 4) is 18.1 Å². The van der Waals surface area contributed by atoms with Gasteiger partial charge in [0.25, 0.3) is 6.43 Å². The van der Waals surface area contributed by atoms with E-state index in [1.54, 1.807) is 36.4 Å². The molecule has 1 heterocycles. The van der Waals surface area contributed by atoms with Crippen LogP contribution in [-0.2, 0) is 32.7 Å². The third kappa shape index (κ3) is 4.90. The largest absolute Gasteiger partial charge is 0.490 e. The normalized spacial score (nSPS) is 13.6. The number of alkyl halides is 2. The fraction of sp³-hybridized carbons (Fsp3) is 0.158. The maximum atomic E-state index is 12.9. The molecule has 0 aromatic heterocycles. The smallest absolute Gasteiger partial charge is 0.256 e. The quantitative estimate of drug-likeness (QED) is 0.405. The molecule has 1 aliphatic rings. The molecule has 121 valence electrons. The summed E-state index contributed by atoms with van der Waals surface area (Å²) in [5.74, 6) is 3.10. The fourth-order valence-electron chi connectivity index (χ4n) is 2.15. The van der Waals surface area contributed by atoms with Crippen LogP contribution in [0, 0.1) is 18.4 Å². The number of ether oxygens (including phenoxy) is 1. The average molecular weight is 401 g/mol. The van der Waals surface area contributed by atoms with Gasteiger partial charge in [0.05, 0.1) is 6.54 Å². The molecule has 0 saturated heterocycles. The minimum Gasteiger partial charge on any atom is -0.490 e. The van der Waals surface area contributed by atoms with Crippen LogP contribution in [0.1, 0.15) is 5.56 Å². The molecule has 0 fully saturated rings. The molecule has 24 heavy (non-hydrogen) atoms. The topological polar surface area (TPSA) is 12.5 Å². The van der Waals surface area contributed by atoms with Crippen molar-refractivity contribution in [1.82, 2.24) is 4.90 Å². The van der Waals surface area contributed by atoms with Crippen LogP contribution in [0.3, 0.4) is 0 Å². The van der Waals surface area contributed by atoms with Crippen LogP contribution in [0.5, 0.6) is 5.75 Å². The van der Waals surface area contributed by atoms with Gasteiger partial charge < -0.3 is 9.64 Å². The Morgan fingerprint density at radius 3 is 2.54 bits per heavy atom. The minimum absolute atomic E-state index is 0. The zero-order chi connectivity index (χ0) is 16.8. The summed E-state index contributed by atoms with van der Waals surface area (Å²) >= 11 is 0. The Labute approximate surface area is 166 Å². The fourth-order valence-corrected chi connectivity index (χ4v) is 2.15. The van der Waals surface area contributed by atoms with Crippen molar-refractivity contribution >= 4 is 5.70 Å². The van der Waals surface area contributed by atoms with Gasteiger partial charge in [-0.05, 0) is 17.8 Å². The van der Waals surface area contributed by atoms with E-state index >= 15 is 0 Å². The Balaban J connectivity index is 0.00000288. The van der Waals surface area contributed by atoms with Crippen molar-refractivity contribution in [2.24, 2.45) is 0 Å². The molecule has 2 nitrogen and oxygen atoms in total. The molecule has 0 unspecified atom stereocenters. The van der Waals surface area contributed by atoms with Crippen molar-refractivity contribution in [3.05, 3.63) is 72.5 Å². The molecule has 1 aromatic rings. The second-order valence-electron chi connectivity index (χ2n) is 4.77. The molecule has 0 atom stereocenters. The zero-order valence-electron chi connectivity index (χ0n) is 13.1. The molecule has 2 rings (SSSR count). The molecule has 1 aromatic carbocycles. The number of hydrogen-bond acceptors (Lipinski definition) is 2. The van der Waals surface area contributed by atoms with Crippen LogP contribution in [0.2, 0.25) is 0 Å². The summed E-state index contributed by atoms with van der Waals surface area (Å²) in [5.41, 5.74) is 2.04. The van der Waals surface area contributed by atoms with E-state index in [1.807, 2.05) is 0 Å². The predicted molar refractivity (Wildman–Crippen MR) is 87.6 cm³/mol. The Bertz CT molecular complexity index is 699. The standard InChI is InChI=1S/C19H16F2NO.Y/c1-4-12-23-17-9-6-16(7-10-17)18-11-8-15(5-2)14(3)22(18)13-19(20)21;/h2,4,6-10,19H,1,3,12-13H2;/q-1;. The van der Waals surface area contributed by atoms with Gasteiger partial charge in [0.1, 0.15) is 12.4 Å². The molecule has 0 amide bonds. The third-order valence-corrected chi connectivity index (χ3v) is 3.23. The maximum Gasteiger partial charge on any atom is 0.256 e. The SMILES string of the molecule is C#CC1=C[C-]=C(c2ccc(OCC=C)cc2)N(CC(F)F)C1=C.[Y]. The van der Waals surface area contributed by atoms with Crippen LogP contribution in [-0.4, -0.2) is 24.5 Å². The molecule has 1 radical (unpaired) electrons. The van der Waals surface area contributed by atoms with Crippen molar-refractivity contribution in [3.63, 3.8) is 0 Å². The van der Waals surface area contributed by atoms with Gasteiger partial charge in [0.15, 0.2) is 0 Å². The summed E-state index contributed by atoms with van der Waals surface area (Å²) in [7, 11) is 0. The van der Waals surface area contributed by atoms with Crippen molar-refractivity contribution < 1.29 is 46.2 Å². The van der Waals surface area contributed by atoms with Gasteiger partial charge in [-0.2, -0.15) is 12.2 Å². The molecular formula is C19H16F2NOY-. The molecule has 5 heteroatoms. The summed E-state index contributed by atoms with van der Waals surface area (Å²) in [6.45, 7) is 7.31. The number of benzene rings is 1. The van der Waals surface area contributed by atoms with E-state index in [0.29, 0.717) is 29.3 Å². The van der Waals surface area contributed by atoms with Gasteiger partial charge in [0, 0.05) is 32.7 Å². The summed E-state index contributed by atoms with van der Waals surface area (Å²) in [5, 5.41) is 0. The van der Waals surface area contributed by atoms with E-state index in [0.717, 1.165) is 5.56 Å². The van der Waals surface area contributed by atoms with Crippen molar-refractivity contribution in [2.75, 3.05) is 13.2 Å². The van der Waals surface area contributed by atoms with E-state index in [4.69, 9.17) is 11.2 Å². The zero-order valence-corrected chi connectivity index (χ0v) is 16.0. The number of rotatable bonds is 6. The first-order valence-corrected chi connectivity index (χ1v) is 6.96. The number of halogens is 2. The van der Waals surface area contributed by atoms with Crippen LogP contribution in [0.4, 0.5) is 8.78 Å². The van der Waals surface area contributed by atoms with Crippen molar-refractivity contribution in [1.29, 1.82) is 0 Å². The molecule has 0 N–H and O–H groups in total. The third-order valence-electron chi connectivity index (χ3n) is 3.23. The first-order chi connectivity index (χ1) is 11.1. The molecule has 1 aliphatic heterocycles. The van der Waals surface area contributed by atoms with Crippen LogP contribution < -0.4 is 4.74 Å². The Hall–Kier alpha value is -1.70. The summed E-state index contributed by atoms with van der Waals surface area (Å²) < 4.78 is 31.2. The molecule has 0 saturated carbocycles. The molecule has 0 spiro atoms. The average Bonchev–Trinajstić information content (AvgIpc) is 2.55. The second kappa shape index (κ2) is 9.56. The van der Waals surface area contributed by atoms with Gasteiger partial charge in [0.2, 0.25) is 0 Å². The van der Waals surface area contributed by atoms with Gasteiger partial charge in [-0.1, -0.05) is 36.1 Å². The van der Waals surface area contributed by atoms with Gasteiger partial charge in [-0.3, -0.25) is 0 Å². The first kappa shape index (κ1) is 20.3. The molecule has 0 bridgehead atoms. The monoisotopic (exact) mass is 401 g/mol. The van der Waals surface area contributed by atoms with Gasteiger partial charge in [-0.25, -0.2) is 8.78 Å². The van der Waals surface area contributed by atoms with Crippen molar-refractivity contribution in [2.45, 2.75) is 6.43 Å². The predicted octanol–water partition coefficient (Wildman–Crippen LogP) is 4.05. The first-order valence-electron chi connectivity index (χ1n) is 6.96. The second-order valence-corrected chi connectivity index (χ2v) is 4.77. The van der Waals surface area contributed by atoms with E-state index in [2.05, 4.69) is 25.2 Å². The van der Waals surface area contributed by atoms with Crippen LogP contribution in [0.25, 0.3) is 5.70 Å². The van der Waals surface area contributed by atoms with E-state index in [9.17, 15) is 8.78 Å². The van der Waals surface area contributed by atoms with Gasteiger partial charge >= 0.3 is 0 Å². The van der Waals surface area contributed by atoms with Crippen LogP contribution in [0.15, 0.2) is 60.8 Å².